The molecule has 0 bridgehead atoms. The van der Waals surface area contributed by atoms with Gasteiger partial charge in [-0.3, -0.25) is 9.59 Å². The van der Waals surface area contributed by atoms with E-state index in [2.05, 4.69) is 20.7 Å². The molecule has 2 N–H and O–H groups in total. The highest BCUT2D eigenvalue weighted by Crippen LogP contribution is 2.22. The summed E-state index contributed by atoms with van der Waals surface area (Å²) in [5, 5.41) is 9.58. The Morgan fingerprint density at radius 2 is 1.49 bits per heavy atom. The summed E-state index contributed by atoms with van der Waals surface area (Å²) in [6.07, 6.45) is 0. The first kappa shape index (κ1) is 25.3. The monoisotopic (exact) mass is 497 g/mol. The van der Waals surface area contributed by atoms with Gasteiger partial charge in [-0.15, -0.1) is 5.10 Å². The number of carbonyl (C=O) groups excluding carboxylic acids is 3. The van der Waals surface area contributed by atoms with Gasteiger partial charge in [0.15, 0.2) is 12.4 Å². The lowest BCUT2D eigenvalue weighted by Crippen LogP contribution is -2.35. The number of esters is 1. The van der Waals surface area contributed by atoms with Gasteiger partial charge in [-0.25, -0.2) is 14.5 Å². The molecule has 4 rings (SSSR count). The highest BCUT2D eigenvalue weighted by molar-refractivity contribution is 5.96. The van der Waals surface area contributed by atoms with Crippen LogP contribution in [0.4, 0.5) is 5.69 Å². The number of carbonyl (C=O) groups is 3. The molecule has 0 saturated heterocycles. The van der Waals surface area contributed by atoms with Gasteiger partial charge in [-0.2, -0.15) is 0 Å². The molecule has 9 heteroatoms. The van der Waals surface area contributed by atoms with E-state index in [1.54, 1.807) is 4.68 Å². The van der Waals surface area contributed by atoms with Crippen LogP contribution in [0.3, 0.4) is 0 Å². The van der Waals surface area contributed by atoms with E-state index < -0.39 is 18.5 Å². The molecular formula is C28H27N5O4. The van der Waals surface area contributed by atoms with Gasteiger partial charge in [0.05, 0.1) is 12.2 Å². The Morgan fingerprint density at radius 3 is 2.14 bits per heavy atom. The molecule has 3 aromatic carbocycles. The Bertz CT molecular complexity index is 1350. The SMILES string of the molecule is Cc1cc(C)c(NC(=O)CNC(=O)COC(=O)c2nc(-c3ccccc3)n(-c3ccccc3)n2)c(C)c1. The smallest absolute Gasteiger partial charge is 0.378 e. The molecule has 0 aliphatic rings. The van der Waals surface area contributed by atoms with E-state index in [0.717, 1.165) is 27.9 Å². The van der Waals surface area contributed by atoms with Gasteiger partial charge in [-0.05, 0) is 44.0 Å². The van der Waals surface area contributed by atoms with Crippen LogP contribution in [-0.2, 0) is 14.3 Å². The van der Waals surface area contributed by atoms with Crippen molar-refractivity contribution in [2.75, 3.05) is 18.5 Å². The molecule has 0 spiro atoms. The molecule has 2 amide bonds. The predicted molar refractivity (Wildman–Crippen MR) is 139 cm³/mol. The Morgan fingerprint density at radius 1 is 0.865 bits per heavy atom. The summed E-state index contributed by atoms with van der Waals surface area (Å²) in [5.41, 5.74) is 5.16. The second-order valence-electron chi connectivity index (χ2n) is 8.55. The summed E-state index contributed by atoms with van der Waals surface area (Å²) in [7, 11) is 0. The maximum Gasteiger partial charge on any atom is 0.378 e. The van der Waals surface area contributed by atoms with Crippen LogP contribution in [0, 0.1) is 20.8 Å². The van der Waals surface area contributed by atoms with Crippen LogP contribution >= 0.6 is 0 Å². The lowest BCUT2D eigenvalue weighted by Gasteiger charge is -2.13. The third-order valence-corrected chi connectivity index (χ3v) is 5.54. The Balaban J connectivity index is 1.37. The minimum atomic E-state index is -0.850. The maximum atomic E-state index is 12.6. The minimum absolute atomic E-state index is 0.182. The quantitative estimate of drug-likeness (QED) is 0.358. The summed E-state index contributed by atoms with van der Waals surface area (Å²) in [6, 6.07) is 22.5. The summed E-state index contributed by atoms with van der Waals surface area (Å²) in [6.45, 7) is 4.96. The molecule has 0 aliphatic heterocycles. The molecule has 4 aromatic rings. The first-order valence-corrected chi connectivity index (χ1v) is 11.7. The Kier molecular flexibility index (Phi) is 7.73. The van der Waals surface area contributed by atoms with Crippen molar-refractivity contribution in [1.82, 2.24) is 20.1 Å². The number of nitrogens with zero attached hydrogens (tertiary/aromatic N) is 3. The van der Waals surface area contributed by atoms with Gasteiger partial charge in [0.1, 0.15) is 0 Å². The molecule has 9 nitrogen and oxygen atoms in total. The molecule has 0 fully saturated rings. The van der Waals surface area contributed by atoms with E-state index in [4.69, 9.17) is 4.74 Å². The molecule has 188 valence electrons. The largest absolute Gasteiger partial charge is 0.450 e. The number of anilines is 1. The van der Waals surface area contributed by atoms with Crippen molar-refractivity contribution >= 4 is 23.5 Å². The van der Waals surface area contributed by atoms with Crippen molar-refractivity contribution in [3.8, 4) is 17.1 Å². The number of rotatable bonds is 8. The lowest BCUT2D eigenvalue weighted by atomic mass is 10.1. The van der Waals surface area contributed by atoms with Crippen LogP contribution in [0.5, 0.6) is 0 Å². The number of para-hydroxylation sites is 1. The first-order valence-electron chi connectivity index (χ1n) is 11.7. The van der Waals surface area contributed by atoms with Gasteiger partial charge >= 0.3 is 5.97 Å². The minimum Gasteiger partial charge on any atom is -0.450 e. The van der Waals surface area contributed by atoms with Crippen molar-refractivity contribution in [1.29, 1.82) is 0 Å². The summed E-state index contributed by atoms with van der Waals surface area (Å²) in [5.74, 6) is -1.57. The number of nitrogens with one attached hydrogen (secondary N) is 2. The highest BCUT2D eigenvalue weighted by atomic mass is 16.5. The topological polar surface area (TPSA) is 115 Å². The van der Waals surface area contributed by atoms with E-state index in [1.165, 1.54) is 0 Å². The van der Waals surface area contributed by atoms with Crippen molar-refractivity contribution in [2.45, 2.75) is 20.8 Å². The number of amides is 2. The summed E-state index contributed by atoms with van der Waals surface area (Å²) in [4.78, 5) is 41.5. The second-order valence-corrected chi connectivity index (χ2v) is 8.55. The van der Waals surface area contributed by atoms with Crippen molar-refractivity contribution in [3.05, 3.63) is 95.3 Å². The van der Waals surface area contributed by atoms with Crippen LogP contribution in [0.2, 0.25) is 0 Å². The zero-order valence-electron chi connectivity index (χ0n) is 20.8. The van der Waals surface area contributed by atoms with Crippen molar-refractivity contribution < 1.29 is 19.1 Å². The third-order valence-electron chi connectivity index (χ3n) is 5.54. The third kappa shape index (κ3) is 6.26. The van der Waals surface area contributed by atoms with Gasteiger partial charge in [0.25, 0.3) is 11.7 Å². The number of benzene rings is 3. The first-order chi connectivity index (χ1) is 17.8. The van der Waals surface area contributed by atoms with Crippen LogP contribution in [0.25, 0.3) is 17.1 Å². The molecule has 1 heterocycles. The fourth-order valence-electron chi connectivity index (χ4n) is 3.91. The lowest BCUT2D eigenvalue weighted by molar-refractivity contribution is -0.126. The summed E-state index contributed by atoms with van der Waals surface area (Å²) < 4.78 is 6.66. The van der Waals surface area contributed by atoms with Gasteiger partial charge < -0.3 is 15.4 Å². The van der Waals surface area contributed by atoms with Gasteiger partial charge in [0.2, 0.25) is 5.91 Å². The van der Waals surface area contributed by atoms with Crippen LogP contribution in [0.1, 0.15) is 27.3 Å². The van der Waals surface area contributed by atoms with E-state index in [1.807, 2.05) is 93.6 Å². The molecule has 0 radical (unpaired) electrons. The van der Waals surface area contributed by atoms with E-state index in [-0.39, 0.29) is 18.3 Å². The summed E-state index contributed by atoms with van der Waals surface area (Å²) >= 11 is 0. The van der Waals surface area contributed by atoms with Crippen LogP contribution < -0.4 is 10.6 Å². The molecule has 0 aliphatic carbocycles. The number of aryl methyl sites for hydroxylation is 3. The number of ether oxygens (including phenoxy) is 1. The molecule has 0 unspecified atom stereocenters. The van der Waals surface area contributed by atoms with Crippen LogP contribution in [-0.4, -0.2) is 45.7 Å². The Hall–Kier alpha value is -4.79. The fourth-order valence-corrected chi connectivity index (χ4v) is 3.91. The molecule has 1 aromatic heterocycles. The van der Waals surface area contributed by atoms with Crippen molar-refractivity contribution in [3.63, 3.8) is 0 Å². The predicted octanol–water partition coefficient (Wildman–Crippen LogP) is 3.77. The molecular weight excluding hydrogens is 470 g/mol. The highest BCUT2D eigenvalue weighted by Gasteiger charge is 2.21. The van der Waals surface area contributed by atoms with E-state index in [9.17, 15) is 14.4 Å². The van der Waals surface area contributed by atoms with Gasteiger partial charge in [-0.1, -0.05) is 66.2 Å². The van der Waals surface area contributed by atoms with Gasteiger partial charge in [0, 0.05) is 11.3 Å². The average Bonchev–Trinajstić information content (AvgIpc) is 3.35. The average molecular weight is 498 g/mol. The van der Waals surface area contributed by atoms with E-state index >= 15 is 0 Å². The molecule has 0 saturated carbocycles. The van der Waals surface area contributed by atoms with E-state index in [0.29, 0.717) is 11.5 Å². The molecule has 0 atom stereocenters. The Labute approximate surface area is 214 Å². The van der Waals surface area contributed by atoms with Crippen LogP contribution in [0.15, 0.2) is 72.8 Å². The number of hydrogen-bond acceptors (Lipinski definition) is 6. The maximum absolute atomic E-state index is 12.6. The fraction of sp³-hybridized carbons (Fsp3) is 0.179. The normalized spacial score (nSPS) is 10.6. The second kappa shape index (κ2) is 11.3. The molecule has 37 heavy (non-hydrogen) atoms. The zero-order valence-corrected chi connectivity index (χ0v) is 20.8. The zero-order chi connectivity index (χ0) is 26.4. The number of aromatic nitrogens is 3. The standard InChI is InChI=1S/C28H27N5O4/c1-18-14-19(2)25(20(3)15-18)30-23(34)16-29-24(35)17-37-28(36)26-31-27(21-10-6-4-7-11-21)33(32-26)22-12-8-5-9-13-22/h4-15H,16-17H2,1-3H3,(H,29,35)(H,30,34). The number of hydrogen-bond donors (Lipinski definition) is 2. The van der Waals surface area contributed by atoms with Crippen molar-refractivity contribution in [2.24, 2.45) is 0 Å².